The molecule has 0 radical (unpaired) electrons. The zero-order valence-corrected chi connectivity index (χ0v) is 20.6. The molecule has 0 N–H and O–H groups in total. The molecule has 0 fully saturated rings. The Hall–Kier alpha value is -4.74. The number of rotatable bonds is 3. The molecular formula is C32H20N4S. The molecule has 0 amide bonds. The van der Waals surface area contributed by atoms with Crippen LogP contribution in [-0.4, -0.2) is 19.1 Å². The van der Waals surface area contributed by atoms with Crippen LogP contribution >= 0.6 is 11.3 Å². The first-order chi connectivity index (χ1) is 18.4. The van der Waals surface area contributed by atoms with Crippen molar-refractivity contribution in [2.45, 2.75) is 0 Å². The van der Waals surface area contributed by atoms with Crippen LogP contribution in [0.1, 0.15) is 0 Å². The number of fused-ring (bicyclic) bond motifs is 5. The van der Waals surface area contributed by atoms with Gasteiger partial charge in [0.25, 0.3) is 0 Å². The van der Waals surface area contributed by atoms with Gasteiger partial charge in [-0.2, -0.15) is 0 Å². The lowest BCUT2D eigenvalue weighted by Gasteiger charge is -2.12. The van der Waals surface area contributed by atoms with Crippen LogP contribution in [0.15, 0.2) is 122 Å². The van der Waals surface area contributed by atoms with Gasteiger partial charge >= 0.3 is 0 Å². The van der Waals surface area contributed by atoms with E-state index in [-0.39, 0.29) is 0 Å². The maximum Gasteiger partial charge on any atom is 0.162 e. The van der Waals surface area contributed by atoms with Crippen molar-refractivity contribution in [1.82, 2.24) is 19.1 Å². The van der Waals surface area contributed by atoms with E-state index in [9.17, 15) is 0 Å². The van der Waals surface area contributed by atoms with E-state index in [1.807, 2.05) is 12.3 Å². The standard InChI is InChI=1S/C32H20N4S/c1-2-10-21(11-3-1)35-20-25(32-34-26-14-6-9-17-29(26)37-32)24-18-19-33-31(30(24)35)36-27-15-7-4-12-22(27)23-13-5-8-16-28(23)36/h1-20H. The lowest BCUT2D eigenvalue weighted by molar-refractivity contribution is 1.05. The van der Waals surface area contributed by atoms with Gasteiger partial charge < -0.3 is 4.57 Å². The van der Waals surface area contributed by atoms with Crippen LogP contribution in [0, 0.1) is 0 Å². The highest BCUT2D eigenvalue weighted by Crippen LogP contribution is 2.40. The van der Waals surface area contributed by atoms with Crippen molar-refractivity contribution < 1.29 is 0 Å². The summed E-state index contributed by atoms with van der Waals surface area (Å²) in [5.41, 5.74) is 6.59. The maximum absolute atomic E-state index is 5.01. The average molecular weight is 493 g/mol. The Bertz CT molecular complexity index is 2010. The Labute approximate surface area is 216 Å². The summed E-state index contributed by atoms with van der Waals surface area (Å²) in [5, 5.41) is 4.59. The number of para-hydroxylation sites is 4. The van der Waals surface area contributed by atoms with Crippen LogP contribution in [0.2, 0.25) is 0 Å². The lowest BCUT2D eigenvalue weighted by atomic mass is 10.2. The molecule has 0 saturated heterocycles. The van der Waals surface area contributed by atoms with Gasteiger partial charge in [0.1, 0.15) is 5.01 Å². The van der Waals surface area contributed by atoms with Crippen molar-refractivity contribution in [1.29, 1.82) is 0 Å². The first kappa shape index (κ1) is 20.5. The summed E-state index contributed by atoms with van der Waals surface area (Å²) in [5.74, 6) is 0.908. The Morgan fingerprint density at radius 1 is 0.622 bits per heavy atom. The zero-order chi connectivity index (χ0) is 24.3. The third-order valence-corrected chi connectivity index (χ3v) is 8.11. The quantitative estimate of drug-likeness (QED) is 0.248. The van der Waals surface area contributed by atoms with Crippen molar-refractivity contribution >= 4 is 54.3 Å². The van der Waals surface area contributed by atoms with Crippen LogP contribution < -0.4 is 0 Å². The summed E-state index contributed by atoms with van der Waals surface area (Å²) in [6.45, 7) is 0. The van der Waals surface area contributed by atoms with Gasteiger partial charge in [-0.1, -0.05) is 66.7 Å². The number of thiazole rings is 1. The topological polar surface area (TPSA) is 35.6 Å². The molecule has 37 heavy (non-hydrogen) atoms. The maximum atomic E-state index is 5.01. The monoisotopic (exact) mass is 492 g/mol. The fourth-order valence-electron chi connectivity index (χ4n) is 5.43. The summed E-state index contributed by atoms with van der Waals surface area (Å²) >= 11 is 1.73. The highest BCUT2D eigenvalue weighted by Gasteiger charge is 2.21. The van der Waals surface area contributed by atoms with Crippen LogP contribution in [0.25, 0.3) is 65.0 Å². The van der Waals surface area contributed by atoms with Gasteiger partial charge in [0.2, 0.25) is 0 Å². The summed E-state index contributed by atoms with van der Waals surface area (Å²) in [4.78, 5) is 10.0. The second-order valence-corrected chi connectivity index (χ2v) is 10.2. The van der Waals surface area contributed by atoms with Crippen LogP contribution in [0.5, 0.6) is 0 Å². The predicted molar refractivity (Wildman–Crippen MR) is 154 cm³/mol. The smallest absolute Gasteiger partial charge is 0.162 e. The number of hydrogen-bond acceptors (Lipinski definition) is 3. The number of nitrogens with zero attached hydrogens (tertiary/aromatic N) is 4. The summed E-state index contributed by atoms with van der Waals surface area (Å²) < 4.78 is 5.76. The summed E-state index contributed by atoms with van der Waals surface area (Å²) in [6, 6.07) is 38.1. The Morgan fingerprint density at radius 2 is 1.30 bits per heavy atom. The molecule has 0 aliphatic rings. The second kappa shape index (κ2) is 7.88. The molecule has 4 aromatic carbocycles. The molecular weight excluding hydrogens is 472 g/mol. The third-order valence-electron chi connectivity index (χ3n) is 7.04. The summed E-state index contributed by atoms with van der Waals surface area (Å²) in [6.07, 6.45) is 4.14. The van der Waals surface area contributed by atoms with E-state index in [1.165, 1.54) is 15.5 Å². The Kier molecular flexibility index (Phi) is 4.36. The Balaban J connectivity index is 1.51. The molecule has 4 nitrogen and oxygen atoms in total. The average Bonchev–Trinajstić information content (AvgIpc) is 3.65. The van der Waals surface area contributed by atoms with Crippen LogP contribution in [0.4, 0.5) is 0 Å². The molecule has 8 rings (SSSR count). The number of benzene rings is 4. The van der Waals surface area contributed by atoms with Gasteiger partial charge in [-0.15, -0.1) is 11.3 Å². The molecule has 4 aromatic heterocycles. The van der Waals surface area contributed by atoms with E-state index in [2.05, 4.69) is 118 Å². The number of pyridine rings is 1. The van der Waals surface area contributed by atoms with E-state index in [4.69, 9.17) is 9.97 Å². The molecule has 0 aliphatic carbocycles. The molecule has 0 saturated carbocycles. The largest absolute Gasteiger partial charge is 0.313 e. The van der Waals surface area contributed by atoms with Crippen molar-refractivity contribution in [3.05, 3.63) is 122 Å². The number of hydrogen-bond donors (Lipinski definition) is 0. The molecule has 0 spiro atoms. The van der Waals surface area contributed by atoms with E-state index < -0.39 is 0 Å². The van der Waals surface area contributed by atoms with Gasteiger partial charge in [-0.3, -0.25) is 4.57 Å². The molecule has 8 aromatic rings. The first-order valence-corrected chi connectivity index (χ1v) is 13.1. The van der Waals surface area contributed by atoms with Crippen LogP contribution in [-0.2, 0) is 0 Å². The normalized spacial score (nSPS) is 11.8. The highest BCUT2D eigenvalue weighted by molar-refractivity contribution is 7.21. The first-order valence-electron chi connectivity index (χ1n) is 12.3. The van der Waals surface area contributed by atoms with E-state index in [0.717, 1.165) is 49.5 Å². The van der Waals surface area contributed by atoms with E-state index in [1.54, 1.807) is 11.3 Å². The molecule has 5 heteroatoms. The Morgan fingerprint density at radius 3 is 2.05 bits per heavy atom. The minimum atomic E-state index is 0.908. The molecule has 174 valence electrons. The molecule has 0 unspecified atom stereocenters. The van der Waals surface area contributed by atoms with Gasteiger partial charge in [0, 0.05) is 39.8 Å². The highest BCUT2D eigenvalue weighted by atomic mass is 32.1. The molecule has 4 heterocycles. The fourth-order valence-corrected chi connectivity index (χ4v) is 6.42. The fraction of sp³-hybridized carbons (Fsp3) is 0. The number of aromatic nitrogens is 4. The van der Waals surface area contributed by atoms with Crippen molar-refractivity contribution in [2.75, 3.05) is 0 Å². The molecule has 0 atom stereocenters. The van der Waals surface area contributed by atoms with Crippen molar-refractivity contribution in [3.63, 3.8) is 0 Å². The SMILES string of the molecule is c1ccc(-n2cc(-c3nc4ccccc4s3)c3ccnc(-n4c5ccccc5c5ccccc54)c32)cc1. The van der Waals surface area contributed by atoms with Gasteiger partial charge in [-0.05, 0) is 42.5 Å². The lowest BCUT2D eigenvalue weighted by Crippen LogP contribution is -2.02. The van der Waals surface area contributed by atoms with Gasteiger partial charge in [0.05, 0.1) is 26.8 Å². The minimum Gasteiger partial charge on any atom is -0.313 e. The predicted octanol–water partition coefficient (Wildman–Crippen LogP) is 8.40. The van der Waals surface area contributed by atoms with Crippen molar-refractivity contribution in [2.24, 2.45) is 0 Å². The van der Waals surface area contributed by atoms with E-state index >= 15 is 0 Å². The molecule has 0 bridgehead atoms. The van der Waals surface area contributed by atoms with Gasteiger partial charge in [0.15, 0.2) is 5.82 Å². The minimum absolute atomic E-state index is 0.908. The van der Waals surface area contributed by atoms with Crippen LogP contribution in [0.3, 0.4) is 0 Å². The van der Waals surface area contributed by atoms with Gasteiger partial charge in [-0.25, -0.2) is 9.97 Å². The zero-order valence-electron chi connectivity index (χ0n) is 19.7. The second-order valence-electron chi connectivity index (χ2n) is 9.14. The molecule has 0 aliphatic heterocycles. The van der Waals surface area contributed by atoms with Crippen molar-refractivity contribution in [3.8, 4) is 22.1 Å². The summed E-state index contributed by atoms with van der Waals surface area (Å²) in [7, 11) is 0. The third kappa shape index (κ3) is 3.01. The van der Waals surface area contributed by atoms with E-state index in [0.29, 0.717) is 0 Å².